The van der Waals surface area contributed by atoms with Crippen LogP contribution in [0.15, 0.2) is 0 Å². The fourth-order valence-electron chi connectivity index (χ4n) is 3.45. The van der Waals surface area contributed by atoms with Crippen LogP contribution in [0.1, 0.15) is 65.2 Å². The summed E-state index contributed by atoms with van der Waals surface area (Å²) in [7, 11) is -0.534. The Kier molecular flexibility index (Phi) is 4.46. The third kappa shape index (κ3) is 3.09. The molecular weight excluding hydrogens is 216 g/mol. The Labute approximate surface area is 103 Å². The molecule has 2 saturated carbocycles. The van der Waals surface area contributed by atoms with Crippen molar-refractivity contribution in [1.82, 2.24) is 0 Å². The van der Waals surface area contributed by atoms with Gasteiger partial charge in [-0.25, -0.2) is 0 Å². The molecule has 4 unspecified atom stereocenters. The van der Waals surface area contributed by atoms with Gasteiger partial charge in [-0.05, 0) is 37.5 Å². The second-order valence-corrected chi connectivity index (χ2v) is 8.11. The summed E-state index contributed by atoms with van der Waals surface area (Å²) in [4.78, 5) is 0. The fraction of sp³-hybridized carbons (Fsp3) is 1.00. The molecule has 2 fully saturated rings. The van der Waals surface area contributed by atoms with E-state index in [1.54, 1.807) is 0 Å². The molecule has 0 aromatic heterocycles. The molecule has 0 aromatic carbocycles. The summed E-state index contributed by atoms with van der Waals surface area (Å²) in [5, 5.41) is 1.05. The van der Waals surface area contributed by atoms with E-state index in [2.05, 4.69) is 13.8 Å². The second-order valence-electron chi connectivity index (χ2n) is 6.12. The van der Waals surface area contributed by atoms with Gasteiger partial charge < -0.3 is 0 Å². The van der Waals surface area contributed by atoms with E-state index in [-0.39, 0.29) is 0 Å². The Hall–Kier alpha value is 0.150. The van der Waals surface area contributed by atoms with Gasteiger partial charge in [0.05, 0.1) is 0 Å². The molecule has 0 N–H and O–H groups in total. The Morgan fingerprint density at radius 1 is 0.812 bits per heavy atom. The first-order chi connectivity index (χ1) is 7.66. The zero-order chi connectivity index (χ0) is 11.5. The maximum Gasteiger partial charge on any atom is 0.0353 e. The fourth-order valence-corrected chi connectivity index (χ4v) is 5.83. The van der Waals surface area contributed by atoms with E-state index >= 15 is 0 Å². The van der Waals surface area contributed by atoms with Gasteiger partial charge in [-0.15, -0.1) is 0 Å². The summed E-state index contributed by atoms with van der Waals surface area (Å²) < 4.78 is 12.6. The molecule has 0 heterocycles. The molecule has 2 heteroatoms. The van der Waals surface area contributed by atoms with Crippen molar-refractivity contribution in [3.05, 3.63) is 0 Å². The van der Waals surface area contributed by atoms with E-state index in [4.69, 9.17) is 0 Å². The summed E-state index contributed by atoms with van der Waals surface area (Å²) in [5.74, 6) is 1.62. The Morgan fingerprint density at radius 2 is 1.25 bits per heavy atom. The molecule has 0 aromatic rings. The Bertz CT molecular complexity index is 227. The second kappa shape index (κ2) is 5.66. The van der Waals surface area contributed by atoms with Gasteiger partial charge in [0.25, 0.3) is 0 Å². The molecule has 0 saturated heterocycles. The van der Waals surface area contributed by atoms with Crippen molar-refractivity contribution in [2.75, 3.05) is 0 Å². The minimum Gasteiger partial charge on any atom is -0.259 e. The molecule has 16 heavy (non-hydrogen) atoms. The van der Waals surface area contributed by atoms with Crippen LogP contribution in [0.5, 0.6) is 0 Å². The van der Waals surface area contributed by atoms with Crippen molar-refractivity contribution in [3.8, 4) is 0 Å². The Morgan fingerprint density at radius 3 is 1.62 bits per heavy atom. The smallest absolute Gasteiger partial charge is 0.0353 e. The molecule has 2 aliphatic carbocycles. The molecule has 94 valence electrons. The highest BCUT2D eigenvalue weighted by Gasteiger charge is 2.31. The summed E-state index contributed by atoms with van der Waals surface area (Å²) in [6.07, 6.45) is 10.2. The van der Waals surface area contributed by atoms with Crippen LogP contribution in [-0.2, 0) is 10.8 Å². The van der Waals surface area contributed by atoms with Crippen LogP contribution in [0.3, 0.4) is 0 Å². The largest absolute Gasteiger partial charge is 0.259 e. The van der Waals surface area contributed by atoms with Crippen molar-refractivity contribution in [2.24, 2.45) is 11.8 Å². The van der Waals surface area contributed by atoms with E-state index in [0.717, 1.165) is 11.8 Å². The SMILES string of the molecule is CC1CCCC(S(=O)C2CCCC(C)C2)C1. The van der Waals surface area contributed by atoms with E-state index < -0.39 is 10.8 Å². The lowest BCUT2D eigenvalue weighted by Gasteiger charge is -2.32. The Balaban J connectivity index is 1.90. The maximum atomic E-state index is 12.6. The summed E-state index contributed by atoms with van der Waals surface area (Å²) in [6.45, 7) is 4.65. The highest BCUT2D eigenvalue weighted by atomic mass is 32.2. The number of rotatable bonds is 2. The third-order valence-corrected chi connectivity index (χ3v) is 6.60. The van der Waals surface area contributed by atoms with E-state index in [1.807, 2.05) is 0 Å². The van der Waals surface area contributed by atoms with Crippen LogP contribution in [-0.4, -0.2) is 14.7 Å². The van der Waals surface area contributed by atoms with Crippen LogP contribution in [0.4, 0.5) is 0 Å². The molecule has 0 spiro atoms. The number of hydrogen-bond acceptors (Lipinski definition) is 1. The lowest BCUT2D eigenvalue weighted by atomic mass is 9.90. The maximum absolute atomic E-state index is 12.6. The molecule has 2 aliphatic rings. The molecule has 0 aliphatic heterocycles. The van der Waals surface area contributed by atoms with Crippen LogP contribution in [0, 0.1) is 11.8 Å². The quantitative estimate of drug-likeness (QED) is 0.718. The minimum atomic E-state index is -0.534. The monoisotopic (exact) mass is 242 g/mol. The molecule has 0 amide bonds. The normalized spacial score (nSPS) is 42.9. The van der Waals surface area contributed by atoms with Crippen molar-refractivity contribution in [2.45, 2.75) is 75.7 Å². The average molecular weight is 242 g/mol. The van der Waals surface area contributed by atoms with Crippen LogP contribution in [0.2, 0.25) is 0 Å². The minimum absolute atomic E-state index is 0.527. The van der Waals surface area contributed by atoms with Gasteiger partial charge in [0, 0.05) is 21.3 Å². The molecule has 0 radical (unpaired) electrons. The standard InChI is InChI=1S/C14H26OS/c1-11-5-3-7-13(9-11)16(15)14-8-4-6-12(2)10-14/h11-14H,3-10H2,1-2H3. The molecule has 2 rings (SSSR count). The first-order valence-electron chi connectivity index (χ1n) is 7.06. The summed E-state index contributed by atoms with van der Waals surface area (Å²) in [5.41, 5.74) is 0. The van der Waals surface area contributed by atoms with E-state index in [1.165, 1.54) is 51.4 Å². The molecule has 1 nitrogen and oxygen atoms in total. The van der Waals surface area contributed by atoms with Crippen molar-refractivity contribution >= 4 is 10.8 Å². The van der Waals surface area contributed by atoms with E-state index in [9.17, 15) is 4.21 Å². The lowest BCUT2D eigenvalue weighted by molar-refractivity contribution is 0.370. The highest BCUT2D eigenvalue weighted by molar-refractivity contribution is 7.86. The zero-order valence-electron chi connectivity index (χ0n) is 10.8. The van der Waals surface area contributed by atoms with Crippen LogP contribution in [0.25, 0.3) is 0 Å². The highest BCUT2D eigenvalue weighted by Crippen LogP contribution is 2.33. The van der Waals surface area contributed by atoms with Gasteiger partial charge >= 0.3 is 0 Å². The van der Waals surface area contributed by atoms with Gasteiger partial charge in [0.1, 0.15) is 0 Å². The summed E-state index contributed by atoms with van der Waals surface area (Å²) >= 11 is 0. The van der Waals surface area contributed by atoms with Gasteiger partial charge in [0.2, 0.25) is 0 Å². The predicted molar refractivity (Wildman–Crippen MR) is 71.0 cm³/mol. The molecule has 4 atom stereocenters. The molecule has 0 bridgehead atoms. The van der Waals surface area contributed by atoms with Gasteiger partial charge in [-0.1, -0.05) is 39.5 Å². The van der Waals surface area contributed by atoms with Crippen LogP contribution < -0.4 is 0 Å². The predicted octanol–water partition coefficient (Wildman–Crippen LogP) is 3.89. The number of hydrogen-bond donors (Lipinski definition) is 0. The molecular formula is C14H26OS. The van der Waals surface area contributed by atoms with Gasteiger partial charge in [-0.2, -0.15) is 0 Å². The van der Waals surface area contributed by atoms with Crippen molar-refractivity contribution in [1.29, 1.82) is 0 Å². The van der Waals surface area contributed by atoms with Crippen LogP contribution >= 0.6 is 0 Å². The summed E-state index contributed by atoms with van der Waals surface area (Å²) in [6, 6.07) is 0. The van der Waals surface area contributed by atoms with E-state index in [0.29, 0.717) is 10.5 Å². The third-order valence-electron chi connectivity index (χ3n) is 4.43. The average Bonchev–Trinajstić information content (AvgIpc) is 2.28. The van der Waals surface area contributed by atoms with Crippen molar-refractivity contribution in [3.63, 3.8) is 0 Å². The van der Waals surface area contributed by atoms with Gasteiger partial charge in [-0.3, -0.25) is 4.21 Å². The van der Waals surface area contributed by atoms with Crippen molar-refractivity contribution < 1.29 is 4.21 Å². The first-order valence-corrected chi connectivity index (χ1v) is 8.33. The topological polar surface area (TPSA) is 17.1 Å². The van der Waals surface area contributed by atoms with Gasteiger partial charge in [0.15, 0.2) is 0 Å². The lowest BCUT2D eigenvalue weighted by Crippen LogP contribution is -2.33. The zero-order valence-corrected chi connectivity index (χ0v) is 11.6. The first kappa shape index (κ1) is 12.6.